The highest BCUT2D eigenvalue weighted by molar-refractivity contribution is 5.96. The van der Waals surface area contributed by atoms with Crippen LogP contribution in [0.1, 0.15) is 33.6 Å². The number of likely N-dealkylation sites (tertiary alicyclic amines) is 1. The number of piperazine rings is 1. The van der Waals surface area contributed by atoms with Crippen molar-refractivity contribution in [1.82, 2.24) is 19.7 Å². The molecule has 45 heavy (non-hydrogen) atoms. The number of esters is 1. The minimum absolute atomic E-state index is 0.0172. The SMILES string of the molecule is COC(=O)c1ccc(OC(=O)N2CCC(N3CCN(C(=O)c4cc(-c5ccccc5)nc(-c5ccccc5)c4)CC3)CC2)cc1. The van der Waals surface area contributed by atoms with Crippen molar-refractivity contribution in [3.63, 3.8) is 0 Å². The summed E-state index contributed by atoms with van der Waals surface area (Å²) in [4.78, 5) is 49.2. The van der Waals surface area contributed by atoms with Gasteiger partial charge < -0.3 is 19.3 Å². The fraction of sp³-hybridized carbons (Fsp3) is 0.278. The molecule has 6 rings (SSSR count). The van der Waals surface area contributed by atoms with Gasteiger partial charge in [-0.15, -0.1) is 0 Å². The first-order valence-electron chi connectivity index (χ1n) is 15.3. The lowest BCUT2D eigenvalue weighted by atomic mass is 10.0. The molecule has 0 atom stereocenters. The number of hydrogen-bond donors (Lipinski definition) is 0. The van der Waals surface area contributed by atoms with E-state index in [1.165, 1.54) is 7.11 Å². The van der Waals surface area contributed by atoms with Crippen molar-refractivity contribution in [2.24, 2.45) is 0 Å². The fourth-order valence-corrected chi connectivity index (χ4v) is 6.00. The minimum Gasteiger partial charge on any atom is -0.465 e. The third-order valence-corrected chi connectivity index (χ3v) is 8.53. The largest absolute Gasteiger partial charge is 0.465 e. The van der Waals surface area contributed by atoms with Gasteiger partial charge in [-0.3, -0.25) is 9.69 Å². The van der Waals surface area contributed by atoms with Crippen LogP contribution in [-0.4, -0.2) is 90.1 Å². The number of carbonyl (C=O) groups excluding carboxylic acids is 3. The average molecular weight is 605 g/mol. The first kappa shape index (κ1) is 30.0. The number of aromatic nitrogens is 1. The van der Waals surface area contributed by atoms with Gasteiger partial charge in [-0.05, 0) is 49.2 Å². The highest BCUT2D eigenvalue weighted by Gasteiger charge is 2.31. The first-order valence-corrected chi connectivity index (χ1v) is 15.3. The molecule has 3 aromatic carbocycles. The van der Waals surface area contributed by atoms with Crippen LogP contribution in [0, 0.1) is 0 Å². The summed E-state index contributed by atoms with van der Waals surface area (Å²) in [5.41, 5.74) is 4.55. The van der Waals surface area contributed by atoms with Crippen molar-refractivity contribution in [3.05, 3.63) is 108 Å². The summed E-state index contributed by atoms with van der Waals surface area (Å²) < 4.78 is 10.2. The van der Waals surface area contributed by atoms with E-state index in [1.54, 1.807) is 29.2 Å². The van der Waals surface area contributed by atoms with Crippen molar-refractivity contribution in [2.45, 2.75) is 18.9 Å². The molecule has 2 aliphatic rings. The second kappa shape index (κ2) is 13.7. The highest BCUT2D eigenvalue weighted by atomic mass is 16.6. The summed E-state index contributed by atoms with van der Waals surface area (Å²) in [7, 11) is 1.32. The maximum absolute atomic E-state index is 13.8. The molecule has 0 aliphatic carbocycles. The number of piperidine rings is 1. The second-order valence-corrected chi connectivity index (χ2v) is 11.3. The summed E-state index contributed by atoms with van der Waals surface area (Å²) in [6.45, 7) is 4.07. The minimum atomic E-state index is -0.438. The highest BCUT2D eigenvalue weighted by Crippen LogP contribution is 2.27. The fourth-order valence-electron chi connectivity index (χ4n) is 6.00. The molecule has 0 saturated carbocycles. The normalized spacial score (nSPS) is 15.8. The number of benzene rings is 3. The monoisotopic (exact) mass is 604 g/mol. The molecule has 2 fully saturated rings. The quantitative estimate of drug-likeness (QED) is 0.264. The lowest BCUT2D eigenvalue weighted by Crippen LogP contribution is -2.55. The Bertz CT molecular complexity index is 1570. The van der Waals surface area contributed by atoms with Crippen molar-refractivity contribution < 1.29 is 23.9 Å². The van der Waals surface area contributed by atoms with E-state index in [-0.39, 0.29) is 5.91 Å². The van der Waals surface area contributed by atoms with E-state index in [1.807, 2.05) is 77.7 Å². The third kappa shape index (κ3) is 7.05. The molecule has 2 aliphatic heterocycles. The Labute approximate surface area is 263 Å². The van der Waals surface area contributed by atoms with Gasteiger partial charge in [0.25, 0.3) is 5.91 Å². The van der Waals surface area contributed by atoms with Crippen LogP contribution in [0.5, 0.6) is 5.75 Å². The van der Waals surface area contributed by atoms with E-state index < -0.39 is 12.1 Å². The molecule has 2 amide bonds. The number of nitrogens with zero attached hydrogens (tertiary/aromatic N) is 4. The average Bonchev–Trinajstić information content (AvgIpc) is 3.12. The van der Waals surface area contributed by atoms with E-state index in [0.717, 1.165) is 48.4 Å². The van der Waals surface area contributed by atoms with Gasteiger partial charge in [-0.2, -0.15) is 0 Å². The van der Waals surface area contributed by atoms with Crippen LogP contribution in [0.3, 0.4) is 0 Å². The molecule has 0 radical (unpaired) electrons. The van der Waals surface area contributed by atoms with Gasteiger partial charge in [-0.25, -0.2) is 14.6 Å². The summed E-state index contributed by atoms with van der Waals surface area (Å²) in [6.07, 6.45) is 1.29. The lowest BCUT2D eigenvalue weighted by molar-refractivity contribution is 0.0457. The molecule has 0 N–H and O–H groups in total. The van der Waals surface area contributed by atoms with Gasteiger partial charge >= 0.3 is 12.1 Å². The van der Waals surface area contributed by atoms with Crippen molar-refractivity contribution in [3.8, 4) is 28.3 Å². The molecule has 3 heterocycles. The zero-order chi connectivity index (χ0) is 31.2. The molecule has 0 unspecified atom stereocenters. The van der Waals surface area contributed by atoms with Gasteiger partial charge in [0, 0.05) is 62.0 Å². The maximum atomic E-state index is 13.8. The van der Waals surface area contributed by atoms with Crippen LogP contribution < -0.4 is 4.74 Å². The van der Waals surface area contributed by atoms with Crippen molar-refractivity contribution >= 4 is 18.0 Å². The molecule has 0 bridgehead atoms. The zero-order valence-electron chi connectivity index (χ0n) is 25.3. The lowest BCUT2D eigenvalue weighted by Gasteiger charge is -2.42. The summed E-state index contributed by atoms with van der Waals surface area (Å²) >= 11 is 0. The topological polar surface area (TPSA) is 92.3 Å². The van der Waals surface area contributed by atoms with Gasteiger partial charge in [0.15, 0.2) is 0 Å². The van der Waals surface area contributed by atoms with Crippen molar-refractivity contribution in [2.75, 3.05) is 46.4 Å². The molecule has 1 aromatic heterocycles. The number of hydrogen-bond acceptors (Lipinski definition) is 7. The summed E-state index contributed by atoms with van der Waals surface area (Å²) in [5.74, 6) is -0.0351. The Balaban J connectivity index is 1.04. The molecule has 230 valence electrons. The Morgan fingerprint density at radius 1 is 0.667 bits per heavy atom. The standard InChI is InChI=1S/C36H36N4O5/c1-44-35(42)28-12-14-31(15-13-28)45-36(43)40-18-16-30(17-19-40)38-20-22-39(23-21-38)34(41)29-24-32(26-8-4-2-5-9-26)37-33(25-29)27-10-6-3-7-11-27/h2-15,24-25,30H,16-23H2,1H3. The van der Waals surface area contributed by atoms with Crippen LogP contribution in [0.25, 0.3) is 22.5 Å². The van der Waals surface area contributed by atoms with Crippen LogP contribution in [-0.2, 0) is 4.74 Å². The Morgan fingerprint density at radius 2 is 1.22 bits per heavy atom. The van der Waals surface area contributed by atoms with Crippen LogP contribution in [0.15, 0.2) is 97.1 Å². The number of pyridine rings is 1. The van der Waals surface area contributed by atoms with Crippen LogP contribution in [0.2, 0.25) is 0 Å². The van der Waals surface area contributed by atoms with E-state index in [2.05, 4.69) is 4.90 Å². The Kier molecular flexibility index (Phi) is 9.17. The van der Waals surface area contributed by atoms with Crippen LogP contribution >= 0.6 is 0 Å². The number of amides is 2. The molecule has 0 spiro atoms. The van der Waals surface area contributed by atoms with E-state index in [4.69, 9.17) is 14.5 Å². The van der Waals surface area contributed by atoms with Crippen molar-refractivity contribution in [1.29, 1.82) is 0 Å². The molecular weight excluding hydrogens is 568 g/mol. The smallest absolute Gasteiger partial charge is 0.415 e. The number of rotatable bonds is 6. The summed E-state index contributed by atoms with van der Waals surface area (Å²) in [6, 6.07) is 30.4. The third-order valence-electron chi connectivity index (χ3n) is 8.53. The van der Waals surface area contributed by atoms with Crippen LogP contribution in [0.4, 0.5) is 4.79 Å². The molecule has 9 heteroatoms. The molecule has 9 nitrogen and oxygen atoms in total. The maximum Gasteiger partial charge on any atom is 0.415 e. The zero-order valence-corrected chi connectivity index (χ0v) is 25.3. The van der Waals surface area contributed by atoms with Gasteiger partial charge in [-0.1, -0.05) is 60.7 Å². The molecule has 4 aromatic rings. The van der Waals surface area contributed by atoms with E-state index >= 15 is 0 Å². The van der Waals surface area contributed by atoms with Gasteiger partial charge in [0.2, 0.25) is 0 Å². The number of ether oxygens (including phenoxy) is 2. The van der Waals surface area contributed by atoms with Gasteiger partial charge in [0.05, 0.1) is 24.1 Å². The predicted molar refractivity (Wildman–Crippen MR) is 171 cm³/mol. The second-order valence-electron chi connectivity index (χ2n) is 11.3. The molecule has 2 saturated heterocycles. The molecular formula is C36H36N4O5. The van der Waals surface area contributed by atoms with Gasteiger partial charge in [0.1, 0.15) is 5.75 Å². The predicted octanol–water partition coefficient (Wildman–Crippen LogP) is 5.62. The number of methoxy groups -OCH3 is 1. The van der Waals surface area contributed by atoms with E-state index in [9.17, 15) is 14.4 Å². The first-order chi connectivity index (χ1) is 22.0. The summed E-state index contributed by atoms with van der Waals surface area (Å²) in [5, 5.41) is 0. The number of carbonyl (C=O) groups is 3. The Hall–Kier alpha value is -5.02. The Morgan fingerprint density at radius 3 is 1.76 bits per heavy atom. The van der Waals surface area contributed by atoms with E-state index in [0.29, 0.717) is 49.1 Å².